The number of rotatable bonds is 6. The maximum Gasteiger partial charge on any atom is 0.158 e. The van der Waals surface area contributed by atoms with Crippen molar-refractivity contribution in [1.29, 1.82) is 0 Å². The molecule has 17 heavy (non-hydrogen) atoms. The molecule has 3 unspecified atom stereocenters. The van der Waals surface area contributed by atoms with Crippen molar-refractivity contribution < 1.29 is 9.53 Å². The molecule has 2 rings (SSSR count). The normalized spacial score (nSPS) is 30.3. The SMILES string of the molecule is C=C(CCC(=O)C(=C)C)OC1CC2CCC1C2. The predicted octanol–water partition coefficient (Wildman–Crippen LogP) is 3.63. The topological polar surface area (TPSA) is 26.3 Å². The third-order valence-electron chi connectivity index (χ3n) is 4.10. The summed E-state index contributed by atoms with van der Waals surface area (Å²) in [5.41, 5.74) is 0.623. The van der Waals surface area contributed by atoms with E-state index in [0.717, 1.165) is 17.6 Å². The maximum absolute atomic E-state index is 11.4. The number of carbonyl (C=O) groups is 1. The fraction of sp³-hybridized carbons (Fsp3) is 0.667. The summed E-state index contributed by atoms with van der Waals surface area (Å²) in [5, 5.41) is 0. The van der Waals surface area contributed by atoms with Crippen molar-refractivity contribution in [1.82, 2.24) is 0 Å². The van der Waals surface area contributed by atoms with E-state index in [4.69, 9.17) is 4.74 Å². The minimum Gasteiger partial charge on any atom is -0.495 e. The molecule has 2 bridgehead atoms. The van der Waals surface area contributed by atoms with Crippen molar-refractivity contribution in [3.63, 3.8) is 0 Å². The molecule has 0 N–H and O–H groups in total. The van der Waals surface area contributed by atoms with Crippen LogP contribution in [0.2, 0.25) is 0 Å². The zero-order valence-electron chi connectivity index (χ0n) is 10.7. The molecule has 0 heterocycles. The van der Waals surface area contributed by atoms with Gasteiger partial charge in [-0.2, -0.15) is 0 Å². The molecule has 2 aliphatic rings. The van der Waals surface area contributed by atoms with Crippen LogP contribution < -0.4 is 0 Å². The monoisotopic (exact) mass is 234 g/mol. The second kappa shape index (κ2) is 5.07. The predicted molar refractivity (Wildman–Crippen MR) is 68.5 cm³/mol. The number of hydrogen-bond acceptors (Lipinski definition) is 2. The van der Waals surface area contributed by atoms with Crippen LogP contribution in [0, 0.1) is 11.8 Å². The lowest BCUT2D eigenvalue weighted by atomic mass is 9.97. The molecule has 2 heteroatoms. The quantitative estimate of drug-likeness (QED) is 0.518. The highest BCUT2D eigenvalue weighted by Gasteiger charge is 2.40. The van der Waals surface area contributed by atoms with Crippen LogP contribution in [0.5, 0.6) is 0 Å². The van der Waals surface area contributed by atoms with Crippen molar-refractivity contribution in [3.05, 3.63) is 24.5 Å². The van der Waals surface area contributed by atoms with Crippen LogP contribution in [0.1, 0.15) is 45.4 Å². The van der Waals surface area contributed by atoms with Gasteiger partial charge in [-0.25, -0.2) is 0 Å². The molecule has 0 amide bonds. The van der Waals surface area contributed by atoms with E-state index in [1.807, 2.05) is 0 Å². The van der Waals surface area contributed by atoms with Gasteiger partial charge in [0.2, 0.25) is 0 Å². The van der Waals surface area contributed by atoms with Crippen molar-refractivity contribution in [3.8, 4) is 0 Å². The van der Waals surface area contributed by atoms with Crippen LogP contribution in [-0.4, -0.2) is 11.9 Å². The minimum absolute atomic E-state index is 0.114. The number of fused-ring (bicyclic) bond motifs is 2. The summed E-state index contributed by atoms with van der Waals surface area (Å²) in [6, 6.07) is 0. The zero-order chi connectivity index (χ0) is 12.4. The van der Waals surface area contributed by atoms with Crippen molar-refractivity contribution in [2.75, 3.05) is 0 Å². The highest BCUT2D eigenvalue weighted by atomic mass is 16.5. The fourth-order valence-corrected chi connectivity index (χ4v) is 3.07. The second-order valence-corrected chi connectivity index (χ2v) is 5.57. The third kappa shape index (κ3) is 2.99. The number of Topliss-reactive ketones (excluding diaryl/α,β-unsaturated/α-hetero) is 1. The van der Waals surface area contributed by atoms with Crippen LogP contribution in [0.25, 0.3) is 0 Å². The first-order valence-corrected chi connectivity index (χ1v) is 6.59. The van der Waals surface area contributed by atoms with Gasteiger partial charge in [0.15, 0.2) is 5.78 Å². The summed E-state index contributed by atoms with van der Waals surface area (Å²) < 4.78 is 5.90. The molecule has 0 aromatic rings. The Bertz CT molecular complexity index is 343. The van der Waals surface area contributed by atoms with Crippen molar-refractivity contribution >= 4 is 5.78 Å². The van der Waals surface area contributed by atoms with Crippen LogP contribution >= 0.6 is 0 Å². The molecular formula is C15H22O2. The molecule has 94 valence electrons. The average molecular weight is 234 g/mol. The van der Waals surface area contributed by atoms with Gasteiger partial charge in [0.1, 0.15) is 6.10 Å². The van der Waals surface area contributed by atoms with Crippen LogP contribution in [0.4, 0.5) is 0 Å². The smallest absolute Gasteiger partial charge is 0.158 e. The Kier molecular flexibility index (Phi) is 3.70. The summed E-state index contributed by atoms with van der Waals surface area (Å²) >= 11 is 0. The summed E-state index contributed by atoms with van der Waals surface area (Å²) in [5.74, 6) is 2.52. The Morgan fingerprint density at radius 2 is 2.00 bits per heavy atom. The molecule has 0 aromatic heterocycles. The van der Waals surface area contributed by atoms with Gasteiger partial charge in [-0.1, -0.05) is 13.2 Å². The lowest BCUT2D eigenvalue weighted by Gasteiger charge is -2.24. The van der Waals surface area contributed by atoms with Gasteiger partial charge in [-0.05, 0) is 50.0 Å². The molecule has 0 radical (unpaired) electrons. The first-order valence-electron chi connectivity index (χ1n) is 6.59. The summed E-state index contributed by atoms with van der Waals surface area (Å²) in [4.78, 5) is 11.4. The van der Waals surface area contributed by atoms with Crippen molar-refractivity contribution in [2.45, 2.75) is 51.6 Å². The molecule has 0 aliphatic heterocycles. The maximum atomic E-state index is 11.4. The number of ketones is 1. The number of ether oxygens (including phenoxy) is 1. The van der Waals surface area contributed by atoms with E-state index in [-0.39, 0.29) is 5.78 Å². The van der Waals surface area contributed by atoms with Gasteiger partial charge in [-0.3, -0.25) is 4.79 Å². The molecule has 2 saturated carbocycles. The summed E-state index contributed by atoms with van der Waals surface area (Å²) in [6.45, 7) is 9.33. The Hall–Kier alpha value is -1.05. The van der Waals surface area contributed by atoms with E-state index in [1.54, 1.807) is 6.92 Å². The molecule has 0 aromatic carbocycles. The van der Waals surface area contributed by atoms with Gasteiger partial charge >= 0.3 is 0 Å². The summed E-state index contributed by atoms with van der Waals surface area (Å²) in [6.07, 6.45) is 6.72. The van der Waals surface area contributed by atoms with Gasteiger partial charge in [-0.15, -0.1) is 0 Å². The minimum atomic E-state index is 0.114. The first-order chi connectivity index (χ1) is 8.06. The summed E-state index contributed by atoms with van der Waals surface area (Å²) in [7, 11) is 0. The highest BCUT2D eigenvalue weighted by molar-refractivity contribution is 5.94. The molecule has 2 nitrogen and oxygen atoms in total. The van der Waals surface area contributed by atoms with Crippen LogP contribution in [-0.2, 0) is 9.53 Å². The fourth-order valence-electron chi connectivity index (χ4n) is 3.07. The number of carbonyl (C=O) groups excluding carboxylic acids is 1. The Balaban J connectivity index is 1.71. The molecule has 0 saturated heterocycles. The van der Waals surface area contributed by atoms with Crippen LogP contribution in [0.15, 0.2) is 24.5 Å². The second-order valence-electron chi connectivity index (χ2n) is 5.57. The van der Waals surface area contributed by atoms with E-state index in [1.165, 1.54) is 25.7 Å². The highest BCUT2D eigenvalue weighted by Crippen LogP contribution is 2.46. The largest absolute Gasteiger partial charge is 0.495 e. The number of allylic oxidation sites excluding steroid dienone is 2. The van der Waals surface area contributed by atoms with Gasteiger partial charge < -0.3 is 4.74 Å². The standard InChI is InChI=1S/C15H22O2/c1-10(2)14(16)7-4-11(3)17-15-9-12-5-6-13(15)8-12/h12-13,15H,1,3-9H2,2H3. The zero-order valence-corrected chi connectivity index (χ0v) is 10.7. The molecule has 0 spiro atoms. The Morgan fingerprint density at radius 1 is 1.24 bits per heavy atom. The molecule has 2 fully saturated rings. The van der Waals surface area contributed by atoms with E-state index < -0.39 is 0 Å². The third-order valence-corrected chi connectivity index (χ3v) is 4.10. The lowest BCUT2D eigenvalue weighted by molar-refractivity contribution is -0.115. The van der Waals surface area contributed by atoms with Crippen LogP contribution in [0.3, 0.4) is 0 Å². The van der Waals surface area contributed by atoms with Crippen molar-refractivity contribution in [2.24, 2.45) is 11.8 Å². The molecule has 3 atom stereocenters. The number of hydrogen-bond donors (Lipinski definition) is 0. The van der Waals surface area contributed by atoms with Gasteiger partial charge in [0.25, 0.3) is 0 Å². The van der Waals surface area contributed by atoms with E-state index in [2.05, 4.69) is 13.2 Å². The average Bonchev–Trinajstić information content (AvgIpc) is 2.87. The first kappa shape index (κ1) is 12.4. The molecule has 2 aliphatic carbocycles. The Labute approximate surface area is 104 Å². The van der Waals surface area contributed by atoms with E-state index >= 15 is 0 Å². The van der Waals surface area contributed by atoms with Gasteiger partial charge in [0.05, 0.1) is 5.76 Å². The lowest BCUT2D eigenvalue weighted by Crippen LogP contribution is -2.20. The molecular weight excluding hydrogens is 212 g/mol. The van der Waals surface area contributed by atoms with Gasteiger partial charge in [0, 0.05) is 12.8 Å². The Morgan fingerprint density at radius 3 is 2.53 bits per heavy atom. The van der Waals surface area contributed by atoms with E-state index in [9.17, 15) is 4.79 Å². The van der Waals surface area contributed by atoms with E-state index in [0.29, 0.717) is 24.5 Å².